The molecule has 6 nitrogen and oxygen atoms in total. The molecule has 0 unspecified atom stereocenters. The number of nitrogens with one attached hydrogen (secondary N) is 2. The van der Waals surface area contributed by atoms with Crippen molar-refractivity contribution in [3.05, 3.63) is 90.0 Å². The first-order valence-corrected chi connectivity index (χ1v) is 9.65. The lowest BCUT2D eigenvalue weighted by atomic mass is 10.1. The Morgan fingerprint density at radius 2 is 1.37 bits per heavy atom. The van der Waals surface area contributed by atoms with Gasteiger partial charge in [-0.3, -0.25) is 9.59 Å². The Labute approximate surface area is 175 Å². The maximum absolute atomic E-state index is 12.4. The molecule has 0 aliphatic rings. The normalized spacial score (nSPS) is 10.2. The van der Waals surface area contributed by atoms with Gasteiger partial charge < -0.3 is 20.1 Å². The molecule has 0 heterocycles. The second-order valence-electron chi connectivity index (χ2n) is 6.54. The van der Waals surface area contributed by atoms with E-state index in [0.29, 0.717) is 36.6 Å². The van der Waals surface area contributed by atoms with Gasteiger partial charge in [-0.05, 0) is 54.1 Å². The molecule has 3 aromatic carbocycles. The van der Waals surface area contributed by atoms with Crippen molar-refractivity contribution in [3.8, 4) is 11.5 Å². The van der Waals surface area contributed by atoms with Gasteiger partial charge in [-0.1, -0.05) is 30.3 Å². The van der Waals surface area contributed by atoms with Crippen LogP contribution in [0.25, 0.3) is 0 Å². The summed E-state index contributed by atoms with van der Waals surface area (Å²) < 4.78 is 11.2. The van der Waals surface area contributed by atoms with Gasteiger partial charge in [0.1, 0.15) is 24.7 Å². The number of likely N-dealkylation sites (N-methyl/N-ethyl adjacent to an activating group) is 1. The molecule has 6 heteroatoms. The fourth-order valence-corrected chi connectivity index (χ4v) is 2.72. The average molecular weight is 404 g/mol. The lowest BCUT2D eigenvalue weighted by Gasteiger charge is -2.09. The molecule has 0 bridgehead atoms. The number of hydrogen-bond acceptors (Lipinski definition) is 4. The molecule has 3 rings (SSSR count). The Hall–Kier alpha value is -3.80. The van der Waals surface area contributed by atoms with Crippen LogP contribution in [0.4, 0.5) is 5.69 Å². The van der Waals surface area contributed by atoms with Crippen LogP contribution in [-0.2, 0) is 11.2 Å². The van der Waals surface area contributed by atoms with Crippen LogP contribution in [0.2, 0.25) is 0 Å². The van der Waals surface area contributed by atoms with Crippen molar-refractivity contribution in [1.82, 2.24) is 5.32 Å². The molecular weight excluding hydrogens is 380 g/mol. The van der Waals surface area contributed by atoms with Gasteiger partial charge in [0.2, 0.25) is 5.91 Å². The van der Waals surface area contributed by atoms with Gasteiger partial charge in [0.05, 0.1) is 6.42 Å². The minimum atomic E-state index is -0.215. The summed E-state index contributed by atoms with van der Waals surface area (Å²) in [5, 5.41) is 5.43. The first-order chi connectivity index (χ1) is 14.6. The molecule has 0 spiro atoms. The molecule has 0 aliphatic carbocycles. The molecule has 2 N–H and O–H groups in total. The Morgan fingerprint density at radius 3 is 1.97 bits per heavy atom. The average Bonchev–Trinajstić information content (AvgIpc) is 2.79. The summed E-state index contributed by atoms with van der Waals surface area (Å²) in [4.78, 5) is 23.8. The number of carbonyl (C=O) groups is 2. The molecule has 0 atom stereocenters. The highest BCUT2D eigenvalue weighted by Crippen LogP contribution is 2.16. The van der Waals surface area contributed by atoms with E-state index in [2.05, 4.69) is 10.6 Å². The first-order valence-electron chi connectivity index (χ1n) is 9.65. The van der Waals surface area contributed by atoms with Crippen molar-refractivity contribution in [3.63, 3.8) is 0 Å². The zero-order valence-corrected chi connectivity index (χ0v) is 16.8. The van der Waals surface area contributed by atoms with Crippen molar-refractivity contribution >= 4 is 17.5 Å². The second-order valence-corrected chi connectivity index (χ2v) is 6.54. The topological polar surface area (TPSA) is 76.7 Å². The molecule has 3 aromatic rings. The van der Waals surface area contributed by atoms with Gasteiger partial charge in [0, 0.05) is 18.3 Å². The van der Waals surface area contributed by atoms with E-state index in [9.17, 15) is 9.59 Å². The van der Waals surface area contributed by atoms with Gasteiger partial charge in [0.15, 0.2) is 0 Å². The van der Waals surface area contributed by atoms with Crippen LogP contribution in [0.15, 0.2) is 78.9 Å². The van der Waals surface area contributed by atoms with Gasteiger partial charge >= 0.3 is 0 Å². The fraction of sp³-hybridized carbons (Fsp3) is 0.167. The third-order valence-corrected chi connectivity index (χ3v) is 4.34. The number of para-hydroxylation sites is 1. The summed E-state index contributed by atoms with van der Waals surface area (Å²) in [5.41, 5.74) is 2.07. The molecule has 0 saturated carbocycles. The number of anilines is 1. The summed E-state index contributed by atoms with van der Waals surface area (Å²) in [6.45, 7) is 0.838. The molecular formula is C24H24N2O4. The highest BCUT2D eigenvalue weighted by atomic mass is 16.5. The third kappa shape index (κ3) is 6.38. The van der Waals surface area contributed by atoms with Crippen LogP contribution in [0.1, 0.15) is 15.9 Å². The number of amides is 2. The number of hydrogen-bond donors (Lipinski definition) is 2. The van der Waals surface area contributed by atoms with Crippen molar-refractivity contribution in [1.29, 1.82) is 0 Å². The van der Waals surface area contributed by atoms with E-state index in [1.807, 2.05) is 42.5 Å². The highest BCUT2D eigenvalue weighted by Gasteiger charge is 2.07. The maximum atomic E-state index is 12.4. The zero-order valence-electron chi connectivity index (χ0n) is 16.8. The minimum absolute atomic E-state index is 0.0549. The predicted molar refractivity (Wildman–Crippen MR) is 116 cm³/mol. The Kier molecular flexibility index (Phi) is 7.44. The number of benzene rings is 3. The van der Waals surface area contributed by atoms with Gasteiger partial charge in [-0.15, -0.1) is 0 Å². The molecule has 0 aliphatic heterocycles. The Balaban J connectivity index is 1.45. The number of carbonyl (C=O) groups excluding carboxylic acids is 2. The minimum Gasteiger partial charge on any atom is -0.490 e. The summed E-state index contributed by atoms with van der Waals surface area (Å²) in [7, 11) is 1.60. The van der Waals surface area contributed by atoms with Gasteiger partial charge in [-0.2, -0.15) is 0 Å². The predicted octanol–water partition coefficient (Wildman–Crippen LogP) is 3.69. The Morgan fingerprint density at radius 1 is 0.767 bits per heavy atom. The monoisotopic (exact) mass is 404 g/mol. The van der Waals surface area contributed by atoms with Gasteiger partial charge in [-0.25, -0.2) is 0 Å². The van der Waals surface area contributed by atoms with Crippen LogP contribution in [-0.4, -0.2) is 32.1 Å². The SMILES string of the molecule is CNC(=O)Cc1ccc(NC(=O)c2ccc(OCCOc3ccccc3)cc2)cc1. The van der Waals surface area contributed by atoms with Crippen LogP contribution in [0, 0.1) is 0 Å². The summed E-state index contributed by atoms with van der Waals surface area (Å²) in [6, 6.07) is 23.7. The van der Waals surface area contributed by atoms with E-state index in [-0.39, 0.29) is 11.8 Å². The van der Waals surface area contributed by atoms with Crippen molar-refractivity contribution < 1.29 is 19.1 Å². The molecule has 0 fully saturated rings. The highest BCUT2D eigenvalue weighted by molar-refractivity contribution is 6.04. The van der Waals surface area contributed by atoms with E-state index in [1.165, 1.54) is 0 Å². The fourth-order valence-electron chi connectivity index (χ4n) is 2.72. The summed E-state index contributed by atoms with van der Waals surface area (Å²) >= 11 is 0. The molecule has 0 aromatic heterocycles. The summed E-state index contributed by atoms with van der Waals surface area (Å²) in [6.07, 6.45) is 0.308. The standard InChI is InChI=1S/C24H24N2O4/c1-25-23(27)17-18-7-11-20(12-8-18)26-24(28)19-9-13-22(14-10-19)30-16-15-29-21-5-3-2-4-6-21/h2-14H,15-17H2,1H3,(H,25,27)(H,26,28). The van der Waals surface area contributed by atoms with Crippen molar-refractivity contribution in [2.45, 2.75) is 6.42 Å². The van der Waals surface area contributed by atoms with Crippen LogP contribution >= 0.6 is 0 Å². The zero-order chi connectivity index (χ0) is 21.2. The third-order valence-electron chi connectivity index (χ3n) is 4.34. The van der Waals surface area contributed by atoms with E-state index >= 15 is 0 Å². The Bertz CT molecular complexity index is 955. The van der Waals surface area contributed by atoms with Gasteiger partial charge in [0.25, 0.3) is 5.91 Å². The largest absolute Gasteiger partial charge is 0.490 e. The molecule has 0 saturated heterocycles. The van der Waals surface area contributed by atoms with Crippen LogP contribution in [0.3, 0.4) is 0 Å². The van der Waals surface area contributed by atoms with Crippen molar-refractivity contribution in [2.75, 3.05) is 25.6 Å². The summed E-state index contributed by atoms with van der Waals surface area (Å²) in [5.74, 6) is 1.20. The first kappa shape index (κ1) is 20.9. The molecule has 154 valence electrons. The smallest absolute Gasteiger partial charge is 0.255 e. The molecule has 0 radical (unpaired) electrons. The molecule has 30 heavy (non-hydrogen) atoms. The van der Waals surface area contributed by atoms with E-state index in [0.717, 1.165) is 11.3 Å². The number of ether oxygens (including phenoxy) is 2. The quantitative estimate of drug-likeness (QED) is 0.534. The van der Waals surface area contributed by atoms with E-state index in [1.54, 1.807) is 43.4 Å². The molecule has 2 amide bonds. The van der Waals surface area contributed by atoms with Crippen LogP contribution in [0.5, 0.6) is 11.5 Å². The van der Waals surface area contributed by atoms with E-state index in [4.69, 9.17) is 9.47 Å². The van der Waals surface area contributed by atoms with E-state index < -0.39 is 0 Å². The number of rotatable bonds is 9. The lowest BCUT2D eigenvalue weighted by molar-refractivity contribution is -0.119. The lowest BCUT2D eigenvalue weighted by Crippen LogP contribution is -2.19. The van der Waals surface area contributed by atoms with Crippen LogP contribution < -0.4 is 20.1 Å². The maximum Gasteiger partial charge on any atom is 0.255 e. The van der Waals surface area contributed by atoms with Crippen molar-refractivity contribution in [2.24, 2.45) is 0 Å². The second kappa shape index (κ2) is 10.7.